The molecule has 0 aliphatic rings. The van der Waals surface area contributed by atoms with Crippen molar-refractivity contribution in [2.75, 3.05) is 7.11 Å². The number of halogens is 1. The predicted octanol–water partition coefficient (Wildman–Crippen LogP) is 2.87. The first kappa shape index (κ1) is 14.5. The van der Waals surface area contributed by atoms with Gasteiger partial charge in [-0.05, 0) is 53.2 Å². The lowest BCUT2D eigenvalue weighted by atomic mass is 10.1. The first-order chi connectivity index (χ1) is 9.52. The van der Waals surface area contributed by atoms with Crippen LogP contribution in [0.4, 0.5) is 0 Å². The third kappa shape index (κ3) is 2.99. The molecule has 0 unspecified atom stereocenters. The topological polar surface area (TPSA) is 48.3 Å². The average Bonchev–Trinajstić information content (AvgIpc) is 2.43. The van der Waals surface area contributed by atoms with Crippen LogP contribution >= 0.6 is 15.9 Å². The SMILES string of the molecule is COc1ccc(C(C)=O)cc1Cn1cccc(Br)c1=O. The van der Waals surface area contributed by atoms with Crippen molar-refractivity contribution in [1.82, 2.24) is 4.57 Å². The number of carbonyl (C=O) groups is 1. The van der Waals surface area contributed by atoms with Crippen molar-refractivity contribution in [2.24, 2.45) is 0 Å². The molecule has 0 fully saturated rings. The zero-order valence-corrected chi connectivity index (χ0v) is 12.8. The summed E-state index contributed by atoms with van der Waals surface area (Å²) in [5, 5.41) is 0. The Balaban J connectivity index is 2.46. The number of aromatic nitrogens is 1. The van der Waals surface area contributed by atoms with Crippen molar-refractivity contribution in [2.45, 2.75) is 13.5 Å². The molecular formula is C15H14BrNO3. The van der Waals surface area contributed by atoms with E-state index < -0.39 is 0 Å². The van der Waals surface area contributed by atoms with Gasteiger partial charge in [0.25, 0.3) is 5.56 Å². The lowest BCUT2D eigenvalue weighted by Gasteiger charge is -2.11. The molecule has 4 nitrogen and oxygen atoms in total. The highest BCUT2D eigenvalue weighted by atomic mass is 79.9. The standard InChI is InChI=1S/C15H14BrNO3/c1-10(18)11-5-6-14(20-2)12(8-11)9-17-7-3-4-13(16)15(17)19/h3-8H,9H2,1-2H3. The van der Waals surface area contributed by atoms with Gasteiger partial charge in [-0.1, -0.05) is 0 Å². The Labute approximate surface area is 125 Å². The van der Waals surface area contributed by atoms with E-state index >= 15 is 0 Å². The van der Waals surface area contributed by atoms with Crippen molar-refractivity contribution < 1.29 is 9.53 Å². The largest absolute Gasteiger partial charge is 0.496 e. The van der Waals surface area contributed by atoms with Crippen LogP contribution in [-0.4, -0.2) is 17.5 Å². The number of pyridine rings is 1. The molecule has 5 heteroatoms. The third-order valence-corrected chi connectivity index (χ3v) is 3.60. The molecule has 0 saturated carbocycles. The van der Waals surface area contributed by atoms with Crippen LogP contribution in [0.25, 0.3) is 0 Å². The van der Waals surface area contributed by atoms with Gasteiger partial charge in [-0.25, -0.2) is 0 Å². The molecule has 2 aromatic rings. The molecule has 0 spiro atoms. The monoisotopic (exact) mass is 335 g/mol. The Hall–Kier alpha value is -1.88. The summed E-state index contributed by atoms with van der Waals surface area (Å²) in [7, 11) is 1.57. The molecular weight excluding hydrogens is 322 g/mol. The predicted molar refractivity (Wildman–Crippen MR) is 80.5 cm³/mol. The van der Waals surface area contributed by atoms with E-state index in [4.69, 9.17) is 4.74 Å². The highest BCUT2D eigenvalue weighted by molar-refractivity contribution is 9.10. The summed E-state index contributed by atoms with van der Waals surface area (Å²) in [4.78, 5) is 23.5. The van der Waals surface area contributed by atoms with E-state index in [0.29, 0.717) is 22.3 Å². The number of benzene rings is 1. The molecule has 0 radical (unpaired) electrons. The van der Waals surface area contributed by atoms with Gasteiger partial charge in [-0.3, -0.25) is 9.59 Å². The van der Waals surface area contributed by atoms with Crippen LogP contribution in [0.3, 0.4) is 0 Å². The Morgan fingerprint density at radius 1 is 1.35 bits per heavy atom. The van der Waals surface area contributed by atoms with E-state index in [1.807, 2.05) is 0 Å². The number of ether oxygens (including phenoxy) is 1. The van der Waals surface area contributed by atoms with E-state index in [2.05, 4.69) is 15.9 Å². The molecule has 1 aromatic carbocycles. The van der Waals surface area contributed by atoms with Crippen LogP contribution in [0.1, 0.15) is 22.8 Å². The number of hydrogen-bond acceptors (Lipinski definition) is 3. The quantitative estimate of drug-likeness (QED) is 0.807. The molecule has 0 atom stereocenters. The van der Waals surface area contributed by atoms with Gasteiger partial charge in [0.1, 0.15) is 5.75 Å². The normalized spacial score (nSPS) is 10.3. The number of Topliss-reactive ketones (excluding diaryl/α,β-unsaturated/α-hetero) is 1. The fourth-order valence-corrected chi connectivity index (χ4v) is 2.32. The maximum atomic E-state index is 12.0. The van der Waals surface area contributed by atoms with Crippen LogP contribution in [0.5, 0.6) is 5.75 Å². The molecule has 0 bridgehead atoms. The second kappa shape index (κ2) is 6.05. The number of methoxy groups -OCH3 is 1. The van der Waals surface area contributed by atoms with E-state index in [-0.39, 0.29) is 11.3 Å². The third-order valence-electron chi connectivity index (χ3n) is 3.00. The molecule has 1 heterocycles. The number of nitrogens with zero attached hydrogens (tertiary/aromatic N) is 1. The lowest BCUT2D eigenvalue weighted by molar-refractivity contribution is 0.101. The summed E-state index contributed by atoms with van der Waals surface area (Å²) in [6, 6.07) is 8.70. The molecule has 104 valence electrons. The van der Waals surface area contributed by atoms with Crippen LogP contribution in [0.15, 0.2) is 45.8 Å². The van der Waals surface area contributed by atoms with Crippen molar-refractivity contribution in [3.05, 3.63) is 62.5 Å². The van der Waals surface area contributed by atoms with Crippen molar-refractivity contribution >= 4 is 21.7 Å². The lowest BCUT2D eigenvalue weighted by Crippen LogP contribution is -2.20. The van der Waals surface area contributed by atoms with Gasteiger partial charge >= 0.3 is 0 Å². The molecule has 0 aliphatic heterocycles. The minimum Gasteiger partial charge on any atom is -0.496 e. The Morgan fingerprint density at radius 2 is 2.10 bits per heavy atom. The molecule has 1 aromatic heterocycles. The second-order valence-electron chi connectivity index (χ2n) is 4.37. The maximum Gasteiger partial charge on any atom is 0.265 e. The Morgan fingerprint density at radius 3 is 2.75 bits per heavy atom. The van der Waals surface area contributed by atoms with Gasteiger partial charge in [0.15, 0.2) is 5.78 Å². The molecule has 0 saturated heterocycles. The number of rotatable bonds is 4. The van der Waals surface area contributed by atoms with Crippen molar-refractivity contribution in [3.8, 4) is 5.75 Å². The van der Waals surface area contributed by atoms with Crippen molar-refractivity contribution in [1.29, 1.82) is 0 Å². The Bertz CT molecular complexity index is 707. The highest BCUT2D eigenvalue weighted by Crippen LogP contribution is 2.21. The van der Waals surface area contributed by atoms with E-state index in [0.717, 1.165) is 5.56 Å². The van der Waals surface area contributed by atoms with Gasteiger partial charge in [0.05, 0.1) is 18.1 Å². The summed E-state index contributed by atoms with van der Waals surface area (Å²) in [6.07, 6.45) is 1.70. The number of carbonyl (C=O) groups excluding carboxylic acids is 1. The van der Waals surface area contributed by atoms with Gasteiger partial charge in [0, 0.05) is 17.3 Å². The van der Waals surface area contributed by atoms with E-state index in [1.165, 1.54) is 6.92 Å². The summed E-state index contributed by atoms with van der Waals surface area (Å²) in [5.41, 5.74) is 1.27. The molecule has 20 heavy (non-hydrogen) atoms. The zero-order valence-electron chi connectivity index (χ0n) is 11.2. The van der Waals surface area contributed by atoms with Gasteiger partial charge in [0.2, 0.25) is 0 Å². The van der Waals surface area contributed by atoms with Crippen LogP contribution in [-0.2, 0) is 6.54 Å². The van der Waals surface area contributed by atoms with E-state index in [9.17, 15) is 9.59 Å². The summed E-state index contributed by atoms with van der Waals surface area (Å²) < 4.78 is 7.35. The fraction of sp³-hybridized carbons (Fsp3) is 0.200. The van der Waals surface area contributed by atoms with Gasteiger partial charge < -0.3 is 9.30 Å². The van der Waals surface area contributed by atoms with Crippen LogP contribution in [0.2, 0.25) is 0 Å². The van der Waals surface area contributed by atoms with Crippen molar-refractivity contribution in [3.63, 3.8) is 0 Å². The Kier molecular flexibility index (Phi) is 4.39. The summed E-state index contributed by atoms with van der Waals surface area (Å²) in [5.74, 6) is 0.636. The zero-order chi connectivity index (χ0) is 14.7. The molecule has 0 N–H and O–H groups in total. The summed E-state index contributed by atoms with van der Waals surface area (Å²) >= 11 is 3.21. The van der Waals surface area contributed by atoms with E-state index in [1.54, 1.807) is 48.2 Å². The minimum absolute atomic E-state index is 0.0181. The average molecular weight is 336 g/mol. The van der Waals surface area contributed by atoms with Crippen LogP contribution in [0, 0.1) is 0 Å². The number of hydrogen-bond donors (Lipinski definition) is 0. The molecule has 2 rings (SSSR count). The molecule has 0 aliphatic carbocycles. The smallest absolute Gasteiger partial charge is 0.265 e. The second-order valence-corrected chi connectivity index (χ2v) is 5.23. The molecule has 0 amide bonds. The first-order valence-corrected chi connectivity index (χ1v) is 6.85. The van der Waals surface area contributed by atoms with Crippen LogP contribution < -0.4 is 10.3 Å². The fourth-order valence-electron chi connectivity index (χ4n) is 1.94. The minimum atomic E-state index is -0.122. The highest BCUT2D eigenvalue weighted by Gasteiger charge is 2.09. The van der Waals surface area contributed by atoms with Gasteiger partial charge in [-0.15, -0.1) is 0 Å². The summed E-state index contributed by atoms with van der Waals surface area (Å²) in [6.45, 7) is 1.86. The van der Waals surface area contributed by atoms with Gasteiger partial charge in [-0.2, -0.15) is 0 Å². The number of ketones is 1. The first-order valence-electron chi connectivity index (χ1n) is 6.05. The maximum absolute atomic E-state index is 12.0.